The van der Waals surface area contributed by atoms with Gasteiger partial charge in [0.1, 0.15) is 16.9 Å². The van der Waals surface area contributed by atoms with Gasteiger partial charge in [-0.15, -0.1) is 0 Å². The van der Waals surface area contributed by atoms with Gasteiger partial charge in [0, 0.05) is 25.0 Å². The van der Waals surface area contributed by atoms with Crippen molar-refractivity contribution in [1.82, 2.24) is 24.6 Å². The summed E-state index contributed by atoms with van der Waals surface area (Å²) in [7, 11) is 0. The fraction of sp³-hybridized carbons (Fsp3) is 0.381. The molecule has 3 N–H and O–H groups in total. The zero-order valence-corrected chi connectivity index (χ0v) is 17.0. The van der Waals surface area contributed by atoms with Crippen molar-refractivity contribution in [3.8, 4) is 0 Å². The third-order valence-electron chi connectivity index (χ3n) is 5.60. The Morgan fingerprint density at radius 1 is 1.30 bits per heavy atom. The molecule has 0 spiro atoms. The van der Waals surface area contributed by atoms with E-state index in [0.29, 0.717) is 36.2 Å². The van der Waals surface area contributed by atoms with Crippen LogP contribution in [0.4, 0.5) is 0 Å². The monoisotopic (exact) mass is 408 g/mol. The number of likely N-dealkylation sites (tertiary alicyclic amines) is 1. The van der Waals surface area contributed by atoms with Crippen molar-refractivity contribution in [3.63, 3.8) is 0 Å². The van der Waals surface area contributed by atoms with E-state index in [2.05, 4.69) is 15.2 Å². The number of nitrogens with one attached hydrogen (secondary N) is 1. The van der Waals surface area contributed by atoms with Gasteiger partial charge in [-0.1, -0.05) is 0 Å². The van der Waals surface area contributed by atoms with Crippen LogP contribution in [-0.4, -0.2) is 43.0 Å². The number of amides is 2. The van der Waals surface area contributed by atoms with Crippen LogP contribution in [0.25, 0.3) is 11.0 Å². The van der Waals surface area contributed by atoms with E-state index < -0.39 is 5.91 Å². The number of fused-ring (bicyclic) bond motifs is 1. The van der Waals surface area contributed by atoms with E-state index >= 15 is 0 Å². The summed E-state index contributed by atoms with van der Waals surface area (Å²) in [4.78, 5) is 44.2. The first-order valence-corrected chi connectivity index (χ1v) is 10.1. The number of primary amides is 1. The van der Waals surface area contributed by atoms with Crippen LogP contribution in [-0.2, 0) is 6.54 Å². The number of carbonyl (C=O) groups excluding carboxylic acids is 2. The first-order chi connectivity index (χ1) is 14.4. The molecule has 0 aliphatic carbocycles. The number of nitrogens with zero attached hydrogens (tertiary/aromatic N) is 4. The number of aryl methyl sites for hydroxylation is 2. The van der Waals surface area contributed by atoms with Crippen molar-refractivity contribution >= 4 is 22.8 Å². The topological polar surface area (TPSA) is 127 Å². The number of nitrogens with two attached hydrogens (primary N) is 1. The molecule has 0 aromatic carbocycles. The fourth-order valence-electron chi connectivity index (χ4n) is 4.04. The van der Waals surface area contributed by atoms with Crippen LogP contribution < -0.4 is 11.2 Å². The minimum Gasteiger partial charge on any atom is -0.364 e. The smallest absolute Gasteiger partial charge is 0.269 e. The summed E-state index contributed by atoms with van der Waals surface area (Å²) < 4.78 is 1.83. The molecule has 0 saturated carbocycles. The number of pyridine rings is 2. The molecule has 9 nitrogen and oxygen atoms in total. The average Bonchev–Trinajstić information content (AvgIpc) is 3.24. The van der Waals surface area contributed by atoms with Crippen molar-refractivity contribution in [1.29, 1.82) is 0 Å². The normalized spacial score (nSPS) is 16.7. The molecular formula is C21H24N6O3. The van der Waals surface area contributed by atoms with Crippen molar-refractivity contribution in [2.45, 2.75) is 45.7 Å². The summed E-state index contributed by atoms with van der Waals surface area (Å²) in [5.41, 5.74) is 7.27. The summed E-state index contributed by atoms with van der Waals surface area (Å²) in [5, 5.41) is 7.20. The number of aromatic nitrogens is 4. The minimum atomic E-state index is -0.630. The number of aromatic amines is 1. The number of piperidine rings is 1. The lowest BCUT2D eigenvalue weighted by Gasteiger charge is -2.35. The molecule has 4 heterocycles. The number of carbonyl (C=O) groups is 2. The lowest BCUT2D eigenvalue weighted by molar-refractivity contribution is 0.0604. The van der Waals surface area contributed by atoms with E-state index in [1.165, 1.54) is 0 Å². The highest BCUT2D eigenvalue weighted by molar-refractivity contribution is 5.97. The van der Waals surface area contributed by atoms with Crippen molar-refractivity contribution < 1.29 is 9.59 Å². The third-order valence-corrected chi connectivity index (χ3v) is 5.60. The van der Waals surface area contributed by atoms with Crippen molar-refractivity contribution in [2.75, 3.05) is 6.54 Å². The fourth-order valence-corrected chi connectivity index (χ4v) is 4.04. The van der Waals surface area contributed by atoms with Gasteiger partial charge < -0.3 is 15.2 Å². The lowest BCUT2D eigenvalue weighted by atomic mass is 9.98. The van der Waals surface area contributed by atoms with Gasteiger partial charge in [-0.3, -0.25) is 19.5 Å². The van der Waals surface area contributed by atoms with Crippen LogP contribution in [0, 0.1) is 6.92 Å². The highest BCUT2D eigenvalue weighted by Crippen LogP contribution is 2.31. The van der Waals surface area contributed by atoms with Crippen LogP contribution >= 0.6 is 0 Å². The van der Waals surface area contributed by atoms with Gasteiger partial charge in [0.2, 0.25) is 5.43 Å². The van der Waals surface area contributed by atoms with E-state index in [1.54, 1.807) is 29.3 Å². The number of rotatable bonds is 4. The predicted octanol–water partition coefficient (Wildman–Crippen LogP) is 1.91. The molecule has 0 bridgehead atoms. The molecule has 3 aromatic rings. The van der Waals surface area contributed by atoms with Gasteiger partial charge in [0.05, 0.1) is 17.1 Å². The van der Waals surface area contributed by atoms with Gasteiger partial charge >= 0.3 is 0 Å². The molecule has 156 valence electrons. The summed E-state index contributed by atoms with van der Waals surface area (Å²) in [6, 6.07) is 4.78. The predicted molar refractivity (Wildman–Crippen MR) is 111 cm³/mol. The third kappa shape index (κ3) is 3.36. The van der Waals surface area contributed by atoms with Crippen LogP contribution in [0.3, 0.4) is 0 Å². The van der Waals surface area contributed by atoms with E-state index in [-0.39, 0.29) is 28.6 Å². The Labute approximate surface area is 172 Å². The van der Waals surface area contributed by atoms with Crippen molar-refractivity contribution in [3.05, 3.63) is 57.3 Å². The molecule has 1 unspecified atom stereocenters. The first-order valence-electron chi connectivity index (χ1n) is 10.1. The quantitative estimate of drug-likeness (QED) is 0.682. The Kier molecular flexibility index (Phi) is 5.11. The average molecular weight is 408 g/mol. The highest BCUT2D eigenvalue weighted by Gasteiger charge is 2.32. The second-order valence-corrected chi connectivity index (χ2v) is 7.56. The molecule has 4 rings (SSSR count). The van der Waals surface area contributed by atoms with Crippen LogP contribution in [0.5, 0.6) is 0 Å². The molecule has 1 aliphatic heterocycles. The Morgan fingerprint density at radius 3 is 2.80 bits per heavy atom. The van der Waals surface area contributed by atoms with E-state index in [4.69, 9.17) is 5.73 Å². The molecule has 0 radical (unpaired) electrons. The maximum absolute atomic E-state index is 13.5. The minimum absolute atomic E-state index is 0.122. The van der Waals surface area contributed by atoms with Gasteiger partial charge in [0.15, 0.2) is 0 Å². The first kappa shape index (κ1) is 19.8. The zero-order chi connectivity index (χ0) is 21.4. The molecule has 1 saturated heterocycles. The Bertz CT molecular complexity index is 1200. The molecule has 1 atom stereocenters. The number of H-pyrrole nitrogens is 1. The maximum Gasteiger partial charge on any atom is 0.269 e. The molecule has 1 fully saturated rings. The summed E-state index contributed by atoms with van der Waals surface area (Å²) in [5.74, 6) is -0.959. The van der Waals surface area contributed by atoms with E-state index in [9.17, 15) is 14.4 Å². The van der Waals surface area contributed by atoms with E-state index in [0.717, 1.165) is 18.5 Å². The number of hydrogen-bond acceptors (Lipinski definition) is 5. The maximum atomic E-state index is 13.5. The van der Waals surface area contributed by atoms with Crippen LogP contribution in [0.1, 0.15) is 64.5 Å². The SMILES string of the molecule is CCn1cc(C(=O)N2CCCCC2c2cc(C(N)=O)n[nH]2)c(=O)c2ccc(C)nc21. The number of hydrogen-bond donors (Lipinski definition) is 2. The Balaban J connectivity index is 1.77. The van der Waals surface area contributed by atoms with E-state index in [1.807, 2.05) is 18.4 Å². The zero-order valence-electron chi connectivity index (χ0n) is 17.0. The standard InChI is InChI=1S/C21H24N6O3/c1-3-26-11-14(18(28)13-8-7-12(2)23-20(13)26)21(30)27-9-5-4-6-17(27)15-10-16(19(22)29)25-24-15/h7-8,10-11,17H,3-6,9H2,1-2H3,(H2,22,29)(H,24,25). The van der Waals surface area contributed by atoms with Gasteiger partial charge in [-0.2, -0.15) is 5.10 Å². The second kappa shape index (κ2) is 7.74. The lowest BCUT2D eigenvalue weighted by Crippen LogP contribution is -2.41. The van der Waals surface area contributed by atoms with Gasteiger partial charge in [-0.25, -0.2) is 4.98 Å². The summed E-state index contributed by atoms with van der Waals surface area (Å²) in [6.07, 6.45) is 4.09. The van der Waals surface area contributed by atoms with Gasteiger partial charge in [0.25, 0.3) is 11.8 Å². The molecule has 30 heavy (non-hydrogen) atoms. The second-order valence-electron chi connectivity index (χ2n) is 7.56. The van der Waals surface area contributed by atoms with Gasteiger partial charge in [-0.05, 0) is 51.3 Å². The molecule has 2 amide bonds. The Morgan fingerprint density at radius 2 is 2.10 bits per heavy atom. The van der Waals surface area contributed by atoms with Crippen LogP contribution in [0.2, 0.25) is 0 Å². The largest absolute Gasteiger partial charge is 0.364 e. The summed E-state index contributed by atoms with van der Waals surface area (Å²) in [6.45, 7) is 4.91. The molecule has 1 aliphatic rings. The van der Waals surface area contributed by atoms with Crippen molar-refractivity contribution in [2.24, 2.45) is 5.73 Å². The highest BCUT2D eigenvalue weighted by atomic mass is 16.2. The van der Waals surface area contributed by atoms with Crippen LogP contribution in [0.15, 0.2) is 29.2 Å². The molecule has 9 heteroatoms. The summed E-state index contributed by atoms with van der Waals surface area (Å²) >= 11 is 0. The molecular weight excluding hydrogens is 384 g/mol. The molecule has 3 aromatic heterocycles. The Hall–Kier alpha value is -3.49.